The van der Waals surface area contributed by atoms with Crippen molar-refractivity contribution in [1.29, 1.82) is 0 Å². The number of halogens is 4. The number of hydrogen-bond acceptors (Lipinski definition) is 4. The second-order valence-electron chi connectivity index (χ2n) is 6.29. The van der Waals surface area contributed by atoms with Crippen molar-refractivity contribution in [3.63, 3.8) is 0 Å². The lowest BCUT2D eigenvalue weighted by Gasteiger charge is -2.26. The van der Waals surface area contributed by atoms with Crippen molar-refractivity contribution in [2.24, 2.45) is 4.99 Å². The lowest BCUT2D eigenvalue weighted by molar-refractivity contribution is -0.140. The number of hydrogen-bond donors (Lipinski definition) is 2. The lowest BCUT2D eigenvalue weighted by Crippen LogP contribution is -2.42. The minimum Gasteiger partial charge on any atom is -0.356 e. The van der Waals surface area contributed by atoms with Crippen molar-refractivity contribution in [2.75, 3.05) is 34.2 Å². The fourth-order valence-corrected chi connectivity index (χ4v) is 3.38. The van der Waals surface area contributed by atoms with Gasteiger partial charge in [-0.3, -0.25) is 4.99 Å². The highest BCUT2D eigenvalue weighted by molar-refractivity contribution is 7.09. The van der Waals surface area contributed by atoms with Gasteiger partial charge in [-0.2, -0.15) is 13.2 Å². The minimum atomic E-state index is -4.42. The number of likely N-dealkylation sites (N-methyl/N-ethyl adjacent to an activating group) is 1. The molecule has 0 amide bonds. The Bertz CT molecular complexity index is 788. The Morgan fingerprint density at radius 3 is 2.61 bits per heavy atom. The predicted octanol–water partition coefficient (Wildman–Crippen LogP) is 3.31. The molecular weight excluding hydrogens is 394 g/mol. The van der Waals surface area contributed by atoms with Crippen LogP contribution in [0.1, 0.15) is 22.3 Å². The summed E-state index contributed by atoms with van der Waals surface area (Å²) in [5, 5.41) is 7.64. The molecule has 0 aliphatic carbocycles. The highest BCUT2D eigenvalue weighted by Gasteiger charge is 2.33. The van der Waals surface area contributed by atoms with E-state index in [1.54, 1.807) is 13.1 Å². The van der Waals surface area contributed by atoms with E-state index >= 15 is 0 Å². The van der Waals surface area contributed by atoms with Crippen LogP contribution in [0, 0.1) is 5.82 Å². The Morgan fingerprint density at radius 1 is 1.29 bits per heavy atom. The van der Waals surface area contributed by atoms with Gasteiger partial charge < -0.3 is 15.5 Å². The lowest BCUT2D eigenvalue weighted by atomic mass is 10.1. The highest BCUT2D eigenvalue weighted by Crippen LogP contribution is 2.30. The molecule has 1 heterocycles. The van der Waals surface area contributed by atoms with Crippen molar-refractivity contribution in [2.45, 2.75) is 18.6 Å². The van der Waals surface area contributed by atoms with Gasteiger partial charge in [0, 0.05) is 31.9 Å². The Hall–Kier alpha value is -2.20. The summed E-state index contributed by atoms with van der Waals surface area (Å²) in [6, 6.07) is 6.32. The van der Waals surface area contributed by atoms with Gasteiger partial charge in [0.2, 0.25) is 0 Å². The first-order chi connectivity index (χ1) is 13.2. The van der Waals surface area contributed by atoms with Gasteiger partial charge in [0.1, 0.15) is 5.82 Å². The quantitative estimate of drug-likeness (QED) is 0.412. The molecule has 2 aromatic rings. The van der Waals surface area contributed by atoms with Crippen LogP contribution in [0.5, 0.6) is 0 Å². The molecule has 154 valence electrons. The van der Waals surface area contributed by atoms with Gasteiger partial charge in [-0.1, -0.05) is 12.1 Å². The second-order valence-corrected chi connectivity index (χ2v) is 7.23. The molecule has 5 nitrogen and oxygen atoms in total. The molecule has 0 saturated heterocycles. The highest BCUT2D eigenvalue weighted by atomic mass is 32.1. The Balaban J connectivity index is 1.87. The monoisotopic (exact) mass is 417 g/mol. The summed E-state index contributed by atoms with van der Waals surface area (Å²) in [5.41, 5.74) is -0.0330. The van der Waals surface area contributed by atoms with E-state index in [1.807, 2.05) is 25.1 Å². The Kier molecular flexibility index (Phi) is 7.76. The van der Waals surface area contributed by atoms with Gasteiger partial charge >= 0.3 is 6.18 Å². The van der Waals surface area contributed by atoms with Crippen LogP contribution in [0.15, 0.2) is 34.6 Å². The topological polar surface area (TPSA) is 52.6 Å². The Labute approximate surface area is 165 Å². The van der Waals surface area contributed by atoms with Gasteiger partial charge in [0.15, 0.2) is 11.7 Å². The summed E-state index contributed by atoms with van der Waals surface area (Å²) in [7, 11) is 5.40. The number of guanidine groups is 1. The third kappa shape index (κ3) is 6.45. The van der Waals surface area contributed by atoms with E-state index in [2.05, 4.69) is 20.6 Å². The predicted molar refractivity (Wildman–Crippen MR) is 103 cm³/mol. The van der Waals surface area contributed by atoms with E-state index in [1.165, 1.54) is 12.1 Å². The third-order valence-electron chi connectivity index (χ3n) is 4.02. The standard InChI is InChI=1S/C18H23F4N5S/c1-23-17(24-8-7-16-26-15(11-28-16)18(20,21)22)25-10-14(27(2)3)12-5-4-6-13(19)9-12/h4-6,9,11,14H,7-8,10H2,1-3H3,(H2,23,24,25). The average molecular weight is 417 g/mol. The molecule has 0 radical (unpaired) electrons. The molecule has 1 atom stereocenters. The molecule has 0 spiro atoms. The van der Waals surface area contributed by atoms with E-state index in [9.17, 15) is 17.6 Å². The number of nitrogens with zero attached hydrogens (tertiary/aromatic N) is 3. The fourth-order valence-electron chi connectivity index (χ4n) is 2.57. The molecule has 0 aliphatic rings. The van der Waals surface area contributed by atoms with Gasteiger partial charge in [0.25, 0.3) is 0 Å². The summed E-state index contributed by atoms with van der Waals surface area (Å²) in [6.07, 6.45) is -4.07. The average Bonchev–Trinajstić information content (AvgIpc) is 3.09. The molecule has 0 saturated carbocycles. The second kappa shape index (κ2) is 9.83. The van der Waals surface area contributed by atoms with Gasteiger partial charge in [-0.15, -0.1) is 11.3 Å². The van der Waals surface area contributed by atoms with Gasteiger partial charge in [-0.25, -0.2) is 9.37 Å². The van der Waals surface area contributed by atoms with Crippen molar-refractivity contribution in [3.8, 4) is 0 Å². The van der Waals surface area contributed by atoms with Crippen molar-refractivity contribution < 1.29 is 17.6 Å². The zero-order valence-corrected chi connectivity index (χ0v) is 16.7. The zero-order valence-electron chi connectivity index (χ0n) is 15.8. The first-order valence-electron chi connectivity index (χ1n) is 8.58. The van der Waals surface area contributed by atoms with Crippen LogP contribution in [-0.2, 0) is 12.6 Å². The maximum Gasteiger partial charge on any atom is 0.434 e. The molecule has 1 aromatic heterocycles. The molecule has 2 rings (SSSR count). The molecule has 28 heavy (non-hydrogen) atoms. The van der Waals surface area contributed by atoms with E-state index in [0.29, 0.717) is 30.5 Å². The normalized spacial score (nSPS) is 13.6. The molecule has 1 unspecified atom stereocenters. The summed E-state index contributed by atoms with van der Waals surface area (Å²) in [4.78, 5) is 9.67. The molecule has 10 heteroatoms. The van der Waals surface area contributed by atoms with Crippen LogP contribution in [0.25, 0.3) is 0 Å². The summed E-state index contributed by atoms with van der Waals surface area (Å²) in [5.74, 6) is 0.212. The Morgan fingerprint density at radius 2 is 2.04 bits per heavy atom. The number of rotatable bonds is 7. The van der Waals surface area contributed by atoms with Gasteiger partial charge in [-0.05, 0) is 31.8 Å². The van der Waals surface area contributed by atoms with E-state index in [0.717, 1.165) is 22.3 Å². The van der Waals surface area contributed by atoms with Crippen molar-refractivity contribution in [3.05, 3.63) is 51.7 Å². The first kappa shape index (κ1) is 22.1. The maximum absolute atomic E-state index is 13.5. The summed E-state index contributed by atoms with van der Waals surface area (Å²) in [6.45, 7) is 0.864. The van der Waals surface area contributed by atoms with Crippen LogP contribution in [-0.4, -0.2) is 50.1 Å². The fraction of sp³-hybridized carbons (Fsp3) is 0.444. The minimum absolute atomic E-state index is 0.0810. The van der Waals surface area contributed by atoms with Crippen LogP contribution in [0.4, 0.5) is 17.6 Å². The number of alkyl halides is 3. The van der Waals surface area contributed by atoms with Crippen LogP contribution in [0.2, 0.25) is 0 Å². The largest absolute Gasteiger partial charge is 0.434 e. The first-order valence-corrected chi connectivity index (χ1v) is 9.46. The maximum atomic E-state index is 13.5. The summed E-state index contributed by atoms with van der Waals surface area (Å²) < 4.78 is 51.3. The van der Waals surface area contributed by atoms with Crippen LogP contribution >= 0.6 is 11.3 Å². The molecule has 0 fully saturated rings. The number of thiazole rings is 1. The zero-order chi connectivity index (χ0) is 20.7. The van der Waals surface area contributed by atoms with E-state index in [4.69, 9.17) is 0 Å². The van der Waals surface area contributed by atoms with Crippen molar-refractivity contribution in [1.82, 2.24) is 20.5 Å². The van der Waals surface area contributed by atoms with E-state index < -0.39 is 11.9 Å². The SMILES string of the molecule is CN=C(NCCc1nc(C(F)(F)F)cs1)NCC(c1cccc(F)c1)N(C)C. The number of benzene rings is 1. The summed E-state index contributed by atoms with van der Waals surface area (Å²) >= 11 is 0.983. The van der Waals surface area contributed by atoms with Gasteiger partial charge in [0.05, 0.1) is 11.0 Å². The molecule has 1 aromatic carbocycles. The van der Waals surface area contributed by atoms with E-state index in [-0.39, 0.29) is 11.9 Å². The molecule has 0 bridgehead atoms. The van der Waals surface area contributed by atoms with Crippen molar-refractivity contribution >= 4 is 17.3 Å². The smallest absolute Gasteiger partial charge is 0.356 e. The third-order valence-corrected chi connectivity index (χ3v) is 4.93. The van der Waals surface area contributed by atoms with Crippen LogP contribution in [0.3, 0.4) is 0 Å². The molecule has 0 aliphatic heterocycles. The number of nitrogens with one attached hydrogen (secondary N) is 2. The number of aliphatic imine (C=N–C) groups is 1. The van der Waals surface area contributed by atoms with Crippen LogP contribution < -0.4 is 10.6 Å². The number of aromatic nitrogens is 1. The molecular formula is C18H23F4N5S. The molecule has 2 N–H and O–H groups in total.